The maximum absolute atomic E-state index is 12.6. The summed E-state index contributed by atoms with van der Waals surface area (Å²) in [7, 11) is 0. The van der Waals surface area contributed by atoms with Crippen LogP contribution in [0.3, 0.4) is 0 Å². The molecule has 1 aromatic heterocycles. The number of hydrogen-bond acceptors (Lipinski definition) is 1. The van der Waals surface area contributed by atoms with E-state index in [4.69, 9.17) is 0 Å². The maximum atomic E-state index is 12.6. The number of aromatic nitrogens is 1. The van der Waals surface area contributed by atoms with Gasteiger partial charge in [-0.25, -0.2) is 0 Å². The van der Waals surface area contributed by atoms with Gasteiger partial charge in [0.05, 0.1) is 0 Å². The summed E-state index contributed by atoms with van der Waals surface area (Å²) >= 11 is 0. The van der Waals surface area contributed by atoms with Crippen LogP contribution in [0.2, 0.25) is 0 Å². The number of para-hydroxylation sites is 1. The second-order valence-corrected chi connectivity index (χ2v) is 7.28. The third kappa shape index (κ3) is 3.35. The number of aromatic amines is 1. The average molecular weight is 326 g/mol. The first-order chi connectivity index (χ1) is 11.6. The Morgan fingerprint density at radius 1 is 1.38 bits per heavy atom. The Bertz CT molecular complexity index is 716. The van der Waals surface area contributed by atoms with E-state index < -0.39 is 0 Å². The molecule has 0 fully saturated rings. The van der Waals surface area contributed by atoms with E-state index in [0.29, 0.717) is 0 Å². The SMILES string of the molecule is CCCC[C@@H](CC)C(=O)N[C@@H]1CCc2[nH]c3c(C)cccc3c2C1. The van der Waals surface area contributed by atoms with Crippen LogP contribution in [0.5, 0.6) is 0 Å². The lowest BCUT2D eigenvalue weighted by atomic mass is 9.90. The van der Waals surface area contributed by atoms with Crippen LogP contribution < -0.4 is 5.32 Å². The van der Waals surface area contributed by atoms with Crippen LogP contribution >= 0.6 is 0 Å². The van der Waals surface area contributed by atoms with E-state index in [0.717, 1.165) is 44.9 Å². The molecule has 0 bridgehead atoms. The number of rotatable bonds is 6. The first-order valence-corrected chi connectivity index (χ1v) is 9.53. The zero-order valence-electron chi connectivity index (χ0n) is 15.2. The van der Waals surface area contributed by atoms with Gasteiger partial charge < -0.3 is 10.3 Å². The summed E-state index contributed by atoms with van der Waals surface area (Å²) in [6.45, 7) is 6.47. The molecule has 2 aromatic rings. The van der Waals surface area contributed by atoms with Crippen LogP contribution in [0.1, 0.15) is 62.8 Å². The Morgan fingerprint density at radius 3 is 2.96 bits per heavy atom. The second kappa shape index (κ2) is 7.42. The van der Waals surface area contributed by atoms with E-state index in [1.165, 1.54) is 27.7 Å². The van der Waals surface area contributed by atoms with E-state index in [9.17, 15) is 4.79 Å². The van der Waals surface area contributed by atoms with E-state index >= 15 is 0 Å². The van der Waals surface area contributed by atoms with Crippen LogP contribution in [-0.4, -0.2) is 16.9 Å². The number of amides is 1. The predicted molar refractivity (Wildman–Crippen MR) is 100 cm³/mol. The predicted octanol–water partition coefficient (Wildman–Crippen LogP) is 4.67. The summed E-state index contributed by atoms with van der Waals surface area (Å²) in [6.07, 6.45) is 7.27. The standard InChI is InChI=1S/C21H30N2O/c1-4-6-9-15(5-2)21(24)22-16-11-12-19-18(13-16)17-10-7-8-14(3)20(17)23-19/h7-8,10,15-16,23H,4-6,9,11-13H2,1-3H3,(H,22,24)/t15-,16-/m1/s1. The fourth-order valence-electron chi connectivity index (χ4n) is 4.00. The van der Waals surface area contributed by atoms with Gasteiger partial charge >= 0.3 is 0 Å². The van der Waals surface area contributed by atoms with Gasteiger partial charge in [-0.05, 0) is 50.2 Å². The molecular weight excluding hydrogens is 296 g/mol. The zero-order chi connectivity index (χ0) is 17.1. The minimum Gasteiger partial charge on any atom is -0.358 e. The molecule has 1 aromatic carbocycles. The molecule has 24 heavy (non-hydrogen) atoms. The third-order valence-corrected chi connectivity index (χ3v) is 5.55. The minimum absolute atomic E-state index is 0.177. The van der Waals surface area contributed by atoms with Gasteiger partial charge in [-0.3, -0.25) is 4.79 Å². The maximum Gasteiger partial charge on any atom is 0.223 e. The van der Waals surface area contributed by atoms with Crippen LogP contribution in [0.25, 0.3) is 10.9 Å². The van der Waals surface area contributed by atoms with E-state index in [1.807, 2.05) is 0 Å². The summed E-state index contributed by atoms with van der Waals surface area (Å²) in [5, 5.41) is 4.67. The Morgan fingerprint density at radius 2 is 2.21 bits per heavy atom. The van der Waals surface area contributed by atoms with Crippen LogP contribution in [0.15, 0.2) is 18.2 Å². The van der Waals surface area contributed by atoms with Crippen LogP contribution in [0, 0.1) is 12.8 Å². The molecule has 3 nitrogen and oxygen atoms in total. The quantitative estimate of drug-likeness (QED) is 0.796. The van der Waals surface area contributed by atoms with Gasteiger partial charge in [0, 0.05) is 28.6 Å². The van der Waals surface area contributed by atoms with Gasteiger partial charge in [0.1, 0.15) is 0 Å². The summed E-state index contributed by atoms with van der Waals surface area (Å²) in [5.41, 5.74) is 5.34. The number of nitrogens with one attached hydrogen (secondary N) is 2. The summed E-state index contributed by atoms with van der Waals surface area (Å²) in [4.78, 5) is 16.2. The largest absolute Gasteiger partial charge is 0.358 e. The first-order valence-electron chi connectivity index (χ1n) is 9.53. The van der Waals surface area contributed by atoms with Crippen molar-refractivity contribution in [2.75, 3.05) is 0 Å². The van der Waals surface area contributed by atoms with Gasteiger partial charge in [-0.15, -0.1) is 0 Å². The van der Waals surface area contributed by atoms with Crippen LogP contribution in [-0.2, 0) is 17.6 Å². The monoisotopic (exact) mass is 326 g/mol. The Kier molecular flexibility index (Phi) is 5.27. The molecule has 130 valence electrons. The molecule has 2 atom stereocenters. The Labute approximate surface area is 145 Å². The van der Waals surface area contributed by atoms with Crippen molar-refractivity contribution in [2.24, 2.45) is 5.92 Å². The lowest BCUT2D eigenvalue weighted by Gasteiger charge is -2.26. The molecule has 1 heterocycles. The highest BCUT2D eigenvalue weighted by atomic mass is 16.1. The average Bonchev–Trinajstić information content (AvgIpc) is 2.95. The number of carbonyl (C=O) groups is 1. The lowest BCUT2D eigenvalue weighted by molar-refractivity contribution is -0.126. The molecule has 1 aliphatic rings. The lowest BCUT2D eigenvalue weighted by Crippen LogP contribution is -2.41. The highest BCUT2D eigenvalue weighted by Crippen LogP contribution is 2.31. The Hall–Kier alpha value is -1.77. The number of carbonyl (C=O) groups excluding carboxylic acids is 1. The fraction of sp³-hybridized carbons (Fsp3) is 0.571. The minimum atomic E-state index is 0.177. The van der Waals surface area contributed by atoms with Gasteiger partial charge in [-0.2, -0.15) is 0 Å². The molecule has 1 amide bonds. The van der Waals surface area contributed by atoms with Crippen molar-refractivity contribution in [3.8, 4) is 0 Å². The van der Waals surface area contributed by atoms with Gasteiger partial charge in [-0.1, -0.05) is 44.9 Å². The number of unbranched alkanes of at least 4 members (excludes halogenated alkanes) is 1. The van der Waals surface area contributed by atoms with Crippen LogP contribution in [0.4, 0.5) is 0 Å². The van der Waals surface area contributed by atoms with E-state index in [2.05, 4.69) is 49.3 Å². The number of H-pyrrole nitrogens is 1. The molecule has 0 aliphatic heterocycles. The van der Waals surface area contributed by atoms with E-state index in [1.54, 1.807) is 0 Å². The molecule has 3 heteroatoms. The third-order valence-electron chi connectivity index (χ3n) is 5.55. The van der Waals surface area contributed by atoms with Gasteiger partial charge in [0.25, 0.3) is 0 Å². The number of fused-ring (bicyclic) bond motifs is 3. The number of aryl methyl sites for hydroxylation is 2. The van der Waals surface area contributed by atoms with Crippen molar-refractivity contribution in [1.29, 1.82) is 0 Å². The highest BCUT2D eigenvalue weighted by Gasteiger charge is 2.26. The molecule has 0 spiro atoms. The highest BCUT2D eigenvalue weighted by molar-refractivity contribution is 5.87. The first kappa shape index (κ1) is 17.1. The van der Waals surface area contributed by atoms with Crippen molar-refractivity contribution >= 4 is 16.8 Å². The van der Waals surface area contributed by atoms with Crippen molar-refractivity contribution in [1.82, 2.24) is 10.3 Å². The molecule has 0 radical (unpaired) electrons. The van der Waals surface area contributed by atoms with E-state index in [-0.39, 0.29) is 17.9 Å². The molecule has 2 N–H and O–H groups in total. The van der Waals surface area contributed by atoms with Gasteiger partial charge in [0.15, 0.2) is 0 Å². The molecule has 1 aliphatic carbocycles. The Balaban J connectivity index is 1.72. The second-order valence-electron chi connectivity index (χ2n) is 7.28. The summed E-state index contributed by atoms with van der Waals surface area (Å²) in [6, 6.07) is 6.77. The normalized spacial score (nSPS) is 18.4. The van der Waals surface area contributed by atoms with Gasteiger partial charge in [0.2, 0.25) is 5.91 Å². The molecule has 0 saturated heterocycles. The molecule has 3 rings (SSSR count). The van der Waals surface area contributed by atoms with Crippen molar-refractivity contribution in [3.63, 3.8) is 0 Å². The van der Waals surface area contributed by atoms with Crippen molar-refractivity contribution in [3.05, 3.63) is 35.0 Å². The topological polar surface area (TPSA) is 44.9 Å². The fourth-order valence-corrected chi connectivity index (χ4v) is 4.00. The molecule has 0 saturated carbocycles. The van der Waals surface area contributed by atoms with Crippen molar-refractivity contribution < 1.29 is 4.79 Å². The summed E-state index contributed by atoms with van der Waals surface area (Å²) in [5.74, 6) is 0.437. The number of hydrogen-bond donors (Lipinski definition) is 2. The zero-order valence-corrected chi connectivity index (χ0v) is 15.2. The molecular formula is C21H30N2O. The number of benzene rings is 1. The molecule has 0 unspecified atom stereocenters. The smallest absolute Gasteiger partial charge is 0.223 e. The summed E-state index contributed by atoms with van der Waals surface area (Å²) < 4.78 is 0. The van der Waals surface area contributed by atoms with Crippen molar-refractivity contribution in [2.45, 2.75) is 71.8 Å².